The monoisotopic (exact) mass is 418 g/mol. The van der Waals surface area contributed by atoms with Gasteiger partial charge in [-0.3, -0.25) is 9.78 Å². The van der Waals surface area contributed by atoms with Crippen LogP contribution in [0.25, 0.3) is 10.9 Å². The van der Waals surface area contributed by atoms with Gasteiger partial charge < -0.3 is 24.6 Å². The molecule has 31 heavy (non-hydrogen) atoms. The molecule has 1 N–H and O–H groups in total. The van der Waals surface area contributed by atoms with E-state index < -0.39 is 0 Å². The van der Waals surface area contributed by atoms with Gasteiger partial charge in [-0.05, 0) is 42.0 Å². The summed E-state index contributed by atoms with van der Waals surface area (Å²) in [4.78, 5) is 33.2. The Labute approximate surface area is 179 Å². The van der Waals surface area contributed by atoms with Gasteiger partial charge in [-0.2, -0.15) is 0 Å². The van der Waals surface area contributed by atoms with E-state index in [4.69, 9.17) is 9.47 Å². The lowest BCUT2D eigenvalue weighted by Crippen LogP contribution is -2.39. The van der Waals surface area contributed by atoms with Crippen molar-refractivity contribution in [2.45, 2.75) is 6.54 Å². The SMILES string of the molecule is O=C1NCCN1CCN(Cc1ccc2c(c1)OCO2)C(=O)c1ccc2ncccc2c1. The van der Waals surface area contributed by atoms with Gasteiger partial charge in [0.15, 0.2) is 11.5 Å². The first-order valence-electron chi connectivity index (χ1n) is 10.2. The van der Waals surface area contributed by atoms with Crippen LogP contribution in [0.1, 0.15) is 15.9 Å². The molecule has 8 heteroatoms. The van der Waals surface area contributed by atoms with Gasteiger partial charge in [0.25, 0.3) is 5.91 Å². The Morgan fingerprint density at radius 3 is 2.90 bits per heavy atom. The normalized spacial score (nSPS) is 14.7. The molecule has 3 amide bonds. The molecule has 1 fully saturated rings. The van der Waals surface area contributed by atoms with Gasteiger partial charge in [0.2, 0.25) is 6.79 Å². The molecular weight excluding hydrogens is 396 g/mol. The van der Waals surface area contributed by atoms with E-state index in [1.165, 1.54) is 0 Å². The van der Waals surface area contributed by atoms with Crippen molar-refractivity contribution >= 4 is 22.8 Å². The quantitative estimate of drug-likeness (QED) is 0.665. The lowest BCUT2D eigenvalue weighted by atomic mass is 10.1. The average Bonchev–Trinajstić information content (AvgIpc) is 3.44. The number of nitrogens with one attached hydrogen (secondary N) is 1. The number of amides is 3. The largest absolute Gasteiger partial charge is 0.454 e. The summed E-state index contributed by atoms with van der Waals surface area (Å²) in [5, 5.41) is 3.71. The highest BCUT2D eigenvalue weighted by atomic mass is 16.7. The predicted octanol–water partition coefficient (Wildman–Crippen LogP) is 2.63. The highest BCUT2D eigenvalue weighted by Crippen LogP contribution is 2.33. The zero-order valence-electron chi connectivity index (χ0n) is 16.9. The van der Waals surface area contributed by atoms with E-state index in [0.29, 0.717) is 49.8 Å². The number of urea groups is 1. The second kappa shape index (κ2) is 8.14. The molecule has 158 valence electrons. The molecule has 3 heterocycles. The Balaban J connectivity index is 1.40. The van der Waals surface area contributed by atoms with Crippen LogP contribution in [0.15, 0.2) is 54.7 Å². The molecular formula is C23H22N4O4. The second-order valence-corrected chi connectivity index (χ2v) is 7.54. The lowest BCUT2D eigenvalue weighted by Gasteiger charge is -2.25. The van der Waals surface area contributed by atoms with Crippen molar-refractivity contribution in [3.05, 3.63) is 65.9 Å². The van der Waals surface area contributed by atoms with Gasteiger partial charge in [0.1, 0.15) is 0 Å². The third kappa shape index (κ3) is 3.96. The topological polar surface area (TPSA) is 84.0 Å². The molecule has 8 nitrogen and oxygen atoms in total. The van der Waals surface area contributed by atoms with Crippen LogP contribution >= 0.6 is 0 Å². The highest BCUT2D eigenvalue weighted by molar-refractivity contribution is 5.98. The van der Waals surface area contributed by atoms with Crippen LogP contribution in [-0.2, 0) is 6.54 Å². The first kappa shape index (κ1) is 19.2. The average molecular weight is 418 g/mol. The molecule has 0 atom stereocenters. The Hall–Kier alpha value is -3.81. The van der Waals surface area contributed by atoms with Crippen LogP contribution in [0.4, 0.5) is 4.79 Å². The van der Waals surface area contributed by atoms with Crippen molar-refractivity contribution < 1.29 is 19.1 Å². The van der Waals surface area contributed by atoms with E-state index in [-0.39, 0.29) is 18.7 Å². The molecule has 0 radical (unpaired) electrons. The molecule has 0 saturated carbocycles. The Kier molecular flexibility index (Phi) is 5.03. The number of carbonyl (C=O) groups is 2. The highest BCUT2D eigenvalue weighted by Gasteiger charge is 2.23. The zero-order valence-corrected chi connectivity index (χ0v) is 16.9. The van der Waals surface area contributed by atoms with Gasteiger partial charge in [0, 0.05) is 49.9 Å². The van der Waals surface area contributed by atoms with Gasteiger partial charge in [-0.25, -0.2) is 4.79 Å². The summed E-state index contributed by atoms with van der Waals surface area (Å²) in [6.07, 6.45) is 1.73. The molecule has 2 aliphatic heterocycles. The standard InChI is InChI=1S/C23H22N4O4/c28-22(18-4-5-19-17(13-18)2-1-7-24-19)27(11-10-26-9-8-25-23(26)29)14-16-3-6-20-21(12-16)31-15-30-20/h1-7,12-13H,8-11,14-15H2,(H,25,29). The minimum atomic E-state index is -0.0944. The number of rotatable bonds is 6. The van der Waals surface area contributed by atoms with Crippen molar-refractivity contribution in [1.29, 1.82) is 0 Å². The fraction of sp³-hybridized carbons (Fsp3) is 0.261. The van der Waals surface area contributed by atoms with Crippen LogP contribution in [-0.4, -0.2) is 59.7 Å². The molecule has 1 saturated heterocycles. The maximum absolute atomic E-state index is 13.4. The summed E-state index contributed by atoms with van der Waals surface area (Å²) in [5.41, 5.74) is 2.37. The summed E-state index contributed by atoms with van der Waals surface area (Å²) in [7, 11) is 0. The minimum Gasteiger partial charge on any atom is -0.454 e. The molecule has 1 aromatic heterocycles. The van der Waals surface area contributed by atoms with E-state index in [1.54, 1.807) is 22.1 Å². The van der Waals surface area contributed by atoms with E-state index in [2.05, 4.69) is 10.3 Å². The number of nitrogens with zero attached hydrogens (tertiary/aromatic N) is 3. The Morgan fingerprint density at radius 1 is 1.13 bits per heavy atom. The van der Waals surface area contributed by atoms with Gasteiger partial charge in [0.05, 0.1) is 5.52 Å². The van der Waals surface area contributed by atoms with Gasteiger partial charge >= 0.3 is 6.03 Å². The maximum atomic E-state index is 13.4. The van der Waals surface area contributed by atoms with Crippen LogP contribution in [0.5, 0.6) is 11.5 Å². The van der Waals surface area contributed by atoms with E-state index in [0.717, 1.165) is 16.5 Å². The molecule has 2 aromatic carbocycles. The van der Waals surface area contributed by atoms with Crippen LogP contribution in [0.3, 0.4) is 0 Å². The summed E-state index contributed by atoms with van der Waals surface area (Å²) >= 11 is 0. The number of ether oxygens (including phenoxy) is 2. The molecule has 2 aliphatic rings. The number of hydrogen-bond donors (Lipinski definition) is 1. The van der Waals surface area contributed by atoms with Crippen molar-refractivity contribution in [3.63, 3.8) is 0 Å². The van der Waals surface area contributed by atoms with Crippen LogP contribution in [0, 0.1) is 0 Å². The third-order valence-corrected chi connectivity index (χ3v) is 5.53. The van der Waals surface area contributed by atoms with Crippen LogP contribution < -0.4 is 14.8 Å². The molecule has 3 aromatic rings. The van der Waals surface area contributed by atoms with E-state index >= 15 is 0 Å². The summed E-state index contributed by atoms with van der Waals surface area (Å²) in [5.74, 6) is 1.29. The van der Waals surface area contributed by atoms with Crippen molar-refractivity contribution in [2.75, 3.05) is 33.0 Å². The van der Waals surface area contributed by atoms with E-state index in [9.17, 15) is 9.59 Å². The number of benzene rings is 2. The van der Waals surface area contributed by atoms with Gasteiger partial charge in [-0.15, -0.1) is 0 Å². The summed E-state index contributed by atoms with van der Waals surface area (Å²) in [6, 6.07) is 14.9. The fourth-order valence-electron chi connectivity index (χ4n) is 3.87. The Bertz CT molecular complexity index is 1150. The lowest BCUT2D eigenvalue weighted by molar-refractivity contribution is 0.0731. The number of pyridine rings is 1. The van der Waals surface area contributed by atoms with Crippen molar-refractivity contribution in [3.8, 4) is 11.5 Å². The molecule has 0 bridgehead atoms. The minimum absolute atomic E-state index is 0.0905. The number of fused-ring (bicyclic) bond motifs is 2. The molecule has 5 rings (SSSR count). The predicted molar refractivity (Wildman–Crippen MR) is 114 cm³/mol. The number of aromatic nitrogens is 1. The third-order valence-electron chi connectivity index (χ3n) is 5.53. The first-order valence-corrected chi connectivity index (χ1v) is 10.2. The number of hydrogen-bond acceptors (Lipinski definition) is 5. The van der Waals surface area contributed by atoms with E-state index in [1.807, 2.05) is 42.5 Å². The second-order valence-electron chi connectivity index (χ2n) is 7.54. The van der Waals surface area contributed by atoms with Gasteiger partial charge in [-0.1, -0.05) is 12.1 Å². The first-order chi connectivity index (χ1) is 15.2. The fourth-order valence-corrected chi connectivity index (χ4v) is 3.87. The molecule has 0 unspecified atom stereocenters. The molecule has 0 aliphatic carbocycles. The van der Waals surface area contributed by atoms with Crippen LogP contribution in [0.2, 0.25) is 0 Å². The summed E-state index contributed by atoms with van der Waals surface area (Å²) in [6.45, 7) is 2.77. The number of carbonyl (C=O) groups excluding carboxylic acids is 2. The molecule has 0 spiro atoms. The summed E-state index contributed by atoms with van der Waals surface area (Å²) < 4.78 is 10.9. The Morgan fingerprint density at radius 2 is 2.03 bits per heavy atom. The maximum Gasteiger partial charge on any atom is 0.317 e. The zero-order chi connectivity index (χ0) is 21.2. The van der Waals surface area contributed by atoms with Crippen molar-refractivity contribution in [1.82, 2.24) is 20.1 Å². The smallest absolute Gasteiger partial charge is 0.317 e. The van der Waals surface area contributed by atoms with Crippen molar-refractivity contribution in [2.24, 2.45) is 0 Å².